The molecule has 0 aliphatic heterocycles. The van der Waals surface area contributed by atoms with Crippen molar-refractivity contribution in [3.8, 4) is 0 Å². The second-order valence-corrected chi connectivity index (χ2v) is 12.8. The fourth-order valence-electron chi connectivity index (χ4n) is 4.31. The minimum atomic E-state index is 0.484. The van der Waals surface area contributed by atoms with E-state index in [4.69, 9.17) is 0 Å². The van der Waals surface area contributed by atoms with Crippen LogP contribution < -0.4 is 0 Å². The Kier molecular flexibility index (Phi) is 18.5. The third-order valence-corrected chi connectivity index (χ3v) is 5.29. The molecule has 0 spiro atoms. The largest absolute Gasteiger partial charge is 0.0654 e. The van der Waals surface area contributed by atoms with Crippen molar-refractivity contribution in [2.24, 2.45) is 22.7 Å². The lowest BCUT2D eigenvalue weighted by Gasteiger charge is -2.28. The molecule has 0 atom stereocenters. The predicted molar refractivity (Wildman–Crippen MR) is 146 cm³/mol. The summed E-state index contributed by atoms with van der Waals surface area (Å²) in [6.45, 7) is 27.2. The monoisotopic (exact) mass is 432 g/mol. The zero-order chi connectivity index (χ0) is 24.5. The predicted octanol–water partition coefficient (Wildman–Crippen LogP) is 11.3. The van der Waals surface area contributed by atoms with Gasteiger partial charge in [-0.25, -0.2) is 0 Å². The molecule has 2 rings (SSSR count). The van der Waals surface area contributed by atoms with Gasteiger partial charge in [-0.05, 0) is 40.6 Å². The summed E-state index contributed by atoms with van der Waals surface area (Å²) >= 11 is 0. The first-order valence-electron chi connectivity index (χ1n) is 13.2. The average Bonchev–Trinajstić information content (AvgIpc) is 2.61. The van der Waals surface area contributed by atoms with Gasteiger partial charge in [0.1, 0.15) is 0 Å². The van der Waals surface area contributed by atoms with Crippen LogP contribution in [0.25, 0.3) is 0 Å². The summed E-state index contributed by atoms with van der Waals surface area (Å²) in [6, 6.07) is 10.5. The van der Waals surface area contributed by atoms with Gasteiger partial charge in [-0.1, -0.05) is 158 Å². The molecule has 0 N–H and O–H groups in total. The van der Waals surface area contributed by atoms with Crippen molar-refractivity contribution >= 4 is 0 Å². The average molecular weight is 433 g/mol. The molecule has 0 heteroatoms. The Morgan fingerprint density at radius 3 is 1.39 bits per heavy atom. The summed E-state index contributed by atoms with van der Waals surface area (Å²) in [5.41, 5.74) is 2.38. The molecule has 1 aromatic rings. The first kappa shape index (κ1) is 32.4. The number of rotatable bonds is 3. The van der Waals surface area contributed by atoms with Crippen molar-refractivity contribution in [1.29, 1.82) is 0 Å². The van der Waals surface area contributed by atoms with E-state index in [0.717, 1.165) is 11.8 Å². The van der Waals surface area contributed by atoms with Crippen LogP contribution >= 0.6 is 0 Å². The van der Waals surface area contributed by atoms with Crippen molar-refractivity contribution in [3.05, 3.63) is 35.9 Å². The molecule has 1 saturated carbocycles. The van der Waals surface area contributed by atoms with E-state index >= 15 is 0 Å². The minimum absolute atomic E-state index is 0.484. The van der Waals surface area contributed by atoms with Gasteiger partial charge in [0.05, 0.1) is 0 Å². The molecule has 184 valence electrons. The first-order chi connectivity index (χ1) is 14.2. The molecule has 0 bridgehead atoms. The van der Waals surface area contributed by atoms with Gasteiger partial charge in [-0.15, -0.1) is 0 Å². The van der Waals surface area contributed by atoms with E-state index in [1.54, 1.807) is 0 Å². The normalized spacial score (nSPS) is 14.6. The topological polar surface area (TPSA) is 0 Å². The van der Waals surface area contributed by atoms with Gasteiger partial charge < -0.3 is 0 Å². The molecule has 0 unspecified atom stereocenters. The fraction of sp³-hybridized carbons (Fsp3) is 0.806. The molecular formula is C31H60. The van der Waals surface area contributed by atoms with E-state index in [2.05, 4.69) is 107 Å². The molecular weight excluding hydrogens is 372 g/mol. The molecule has 0 aromatic heterocycles. The van der Waals surface area contributed by atoms with Gasteiger partial charge in [0.15, 0.2) is 0 Å². The van der Waals surface area contributed by atoms with Crippen molar-refractivity contribution in [3.63, 3.8) is 0 Å². The Labute approximate surface area is 199 Å². The highest BCUT2D eigenvalue weighted by Crippen LogP contribution is 2.31. The molecule has 0 radical (unpaired) electrons. The van der Waals surface area contributed by atoms with Crippen LogP contribution in [0, 0.1) is 22.7 Å². The molecule has 1 aliphatic carbocycles. The summed E-state index contributed by atoms with van der Waals surface area (Å²) in [4.78, 5) is 0. The third kappa shape index (κ3) is 27.2. The minimum Gasteiger partial charge on any atom is -0.0654 e. The summed E-state index contributed by atoms with van der Waals surface area (Å²) in [5, 5.41) is 0. The van der Waals surface area contributed by atoms with Crippen LogP contribution in [-0.2, 0) is 0 Å². The highest BCUT2D eigenvalue weighted by molar-refractivity contribution is 5.17. The smallest absolute Gasteiger partial charge is 0.0219 e. The van der Waals surface area contributed by atoms with Gasteiger partial charge in [0, 0.05) is 0 Å². The van der Waals surface area contributed by atoms with Crippen LogP contribution in [0.4, 0.5) is 0 Å². The Hall–Kier alpha value is -0.780. The molecule has 31 heavy (non-hydrogen) atoms. The molecule has 1 aromatic carbocycles. The van der Waals surface area contributed by atoms with Crippen LogP contribution in [0.3, 0.4) is 0 Å². The van der Waals surface area contributed by atoms with Crippen LogP contribution in [0.2, 0.25) is 0 Å². The van der Waals surface area contributed by atoms with Gasteiger partial charge in [0.2, 0.25) is 0 Å². The van der Waals surface area contributed by atoms with Crippen LogP contribution in [-0.4, -0.2) is 0 Å². The van der Waals surface area contributed by atoms with E-state index in [9.17, 15) is 0 Å². The lowest BCUT2D eigenvalue weighted by molar-refractivity contribution is 0.233. The molecule has 1 aliphatic rings. The maximum absolute atomic E-state index is 2.36. The maximum Gasteiger partial charge on any atom is -0.0219 e. The quantitative estimate of drug-likeness (QED) is 0.445. The van der Waals surface area contributed by atoms with Gasteiger partial charge >= 0.3 is 0 Å². The molecule has 1 fully saturated rings. The molecule has 0 saturated heterocycles. The summed E-state index contributed by atoms with van der Waals surface area (Å²) in [5.74, 6) is 2.59. The number of hydrogen-bond donors (Lipinski definition) is 0. The zero-order valence-corrected chi connectivity index (χ0v) is 23.8. The third-order valence-electron chi connectivity index (χ3n) is 5.29. The van der Waals surface area contributed by atoms with E-state index in [0.29, 0.717) is 16.7 Å². The van der Waals surface area contributed by atoms with Crippen molar-refractivity contribution in [2.45, 2.75) is 140 Å². The first-order valence-corrected chi connectivity index (χ1v) is 13.2. The van der Waals surface area contributed by atoms with Gasteiger partial charge in [0.25, 0.3) is 0 Å². The van der Waals surface area contributed by atoms with Crippen molar-refractivity contribution < 1.29 is 0 Å². The highest BCUT2D eigenvalue weighted by Gasteiger charge is 2.20. The summed E-state index contributed by atoms with van der Waals surface area (Å²) in [7, 11) is 0. The van der Waals surface area contributed by atoms with Crippen molar-refractivity contribution in [1.82, 2.24) is 0 Å². The van der Waals surface area contributed by atoms with E-state index in [-0.39, 0.29) is 0 Å². The van der Waals surface area contributed by atoms with Crippen LogP contribution in [0.15, 0.2) is 30.3 Å². The summed E-state index contributed by atoms with van der Waals surface area (Å²) in [6.07, 6.45) is 11.4. The van der Waals surface area contributed by atoms with E-state index in [1.807, 2.05) is 6.07 Å². The van der Waals surface area contributed by atoms with Crippen molar-refractivity contribution in [2.75, 3.05) is 0 Å². The molecule has 0 heterocycles. The van der Waals surface area contributed by atoms with Crippen LogP contribution in [0.1, 0.15) is 146 Å². The lowest BCUT2D eigenvalue weighted by atomic mass is 9.78. The van der Waals surface area contributed by atoms with Gasteiger partial charge in [-0.2, -0.15) is 0 Å². The second-order valence-electron chi connectivity index (χ2n) is 12.8. The Morgan fingerprint density at radius 1 is 0.774 bits per heavy atom. The standard InChI is InChI=1S/C9H12.C9H20.C7H14.C6H14/c1-8(2)9-6-4-3-5-7-9;1-8(2,3)7-9(4,5)6;1-7-5-3-2-4-6-7;1-4-5-6(2)3/h3-8H,1-2H3;7H2,1-6H3;7H,2-6H2,1H3;6H,4-5H2,1-3H3. The van der Waals surface area contributed by atoms with E-state index < -0.39 is 0 Å². The van der Waals surface area contributed by atoms with E-state index in [1.165, 1.54) is 56.9 Å². The Morgan fingerprint density at radius 2 is 1.23 bits per heavy atom. The number of hydrogen-bond acceptors (Lipinski definition) is 0. The molecule has 0 amide bonds. The zero-order valence-electron chi connectivity index (χ0n) is 23.8. The highest BCUT2D eigenvalue weighted by atomic mass is 14.3. The maximum atomic E-state index is 2.36. The SMILES string of the molecule is CC(C)(C)CC(C)(C)C.CC(C)c1ccccc1.CC1CCCCC1.CCCC(C)C. The van der Waals surface area contributed by atoms with Gasteiger partial charge in [-0.3, -0.25) is 0 Å². The Balaban J connectivity index is 0. The molecule has 0 nitrogen and oxygen atoms in total. The second kappa shape index (κ2) is 17.7. The fourth-order valence-corrected chi connectivity index (χ4v) is 4.31. The summed E-state index contributed by atoms with van der Waals surface area (Å²) < 4.78 is 0. The van der Waals surface area contributed by atoms with Crippen LogP contribution in [0.5, 0.6) is 0 Å². The number of benzene rings is 1. The Bertz CT molecular complexity index is 463. The lowest BCUT2D eigenvalue weighted by Crippen LogP contribution is -2.16.